The molecule has 6 nitrogen and oxygen atoms in total. The van der Waals surface area contributed by atoms with Crippen molar-refractivity contribution in [1.82, 2.24) is 19.3 Å². The van der Waals surface area contributed by atoms with E-state index in [1.807, 2.05) is 36.6 Å². The number of carbonyl (C=O) groups is 2. The highest BCUT2D eigenvalue weighted by atomic mass is 32.1. The Morgan fingerprint density at radius 2 is 1.79 bits per heavy atom. The molecule has 0 unspecified atom stereocenters. The van der Waals surface area contributed by atoms with Crippen LogP contribution in [-0.2, 0) is 11.3 Å². The summed E-state index contributed by atoms with van der Waals surface area (Å²) >= 11 is 1.74. The average molecular weight is 417 g/mol. The summed E-state index contributed by atoms with van der Waals surface area (Å²) in [5.74, 6) is 0.275. The second-order valence-corrected chi connectivity index (χ2v) is 8.62. The molecular formula is C22H32N4O2S. The van der Waals surface area contributed by atoms with Crippen molar-refractivity contribution in [2.45, 2.75) is 34.2 Å². The number of hydrogen-bond acceptors (Lipinski definition) is 4. The van der Waals surface area contributed by atoms with E-state index in [2.05, 4.69) is 33.9 Å². The molecule has 1 aliphatic rings. The molecule has 1 fully saturated rings. The van der Waals surface area contributed by atoms with Crippen molar-refractivity contribution < 1.29 is 9.59 Å². The number of aromatic nitrogens is 1. The molecular weight excluding hydrogens is 384 g/mol. The van der Waals surface area contributed by atoms with Crippen LogP contribution in [0.1, 0.15) is 40.5 Å². The SMILES string of the molecule is CCN(CC)C(=O)CN1CCN(C(=O)c2cc(C)n(Cc3cccs3)c2C)CC1. The summed E-state index contributed by atoms with van der Waals surface area (Å²) in [5, 5.41) is 2.08. The fourth-order valence-corrected chi connectivity index (χ4v) is 4.66. The lowest BCUT2D eigenvalue weighted by atomic mass is 10.2. The third-order valence-electron chi connectivity index (χ3n) is 5.83. The summed E-state index contributed by atoms with van der Waals surface area (Å²) in [4.78, 5) is 32.7. The van der Waals surface area contributed by atoms with Crippen molar-refractivity contribution in [2.24, 2.45) is 0 Å². The maximum absolute atomic E-state index is 13.1. The summed E-state index contributed by atoms with van der Waals surface area (Å²) in [5.41, 5.74) is 2.94. The van der Waals surface area contributed by atoms with Crippen LogP contribution in [0.15, 0.2) is 23.6 Å². The van der Waals surface area contributed by atoms with Crippen molar-refractivity contribution >= 4 is 23.2 Å². The van der Waals surface area contributed by atoms with Crippen LogP contribution in [0.25, 0.3) is 0 Å². The van der Waals surface area contributed by atoms with E-state index in [1.165, 1.54) is 4.88 Å². The Morgan fingerprint density at radius 1 is 1.10 bits per heavy atom. The summed E-state index contributed by atoms with van der Waals surface area (Å²) in [7, 11) is 0. The van der Waals surface area contributed by atoms with Crippen LogP contribution in [0.3, 0.4) is 0 Å². The molecule has 0 atom stereocenters. The minimum absolute atomic E-state index is 0.102. The van der Waals surface area contributed by atoms with Crippen molar-refractivity contribution in [3.63, 3.8) is 0 Å². The minimum Gasteiger partial charge on any atom is -0.343 e. The van der Waals surface area contributed by atoms with E-state index >= 15 is 0 Å². The Kier molecular flexibility index (Phi) is 7.14. The van der Waals surface area contributed by atoms with Gasteiger partial charge in [-0.2, -0.15) is 0 Å². The number of thiophene rings is 1. The number of carbonyl (C=O) groups excluding carboxylic acids is 2. The van der Waals surface area contributed by atoms with Gasteiger partial charge in [0.15, 0.2) is 0 Å². The maximum atomic E-state index is 13.1. The molecule has 0 aromatic carbocycles. The van der Waals surface area contributed by atoms with Gasteiger partial charge in [0.05, 0.1) is 18.7 Å². The molecule has 2 amide bonds. The zero-order chi connectivity index (χ0) is 21.0. The summed E-state index contributed by atoms with van der Waals surface area (Å²) in [6, 6.07) is 6.20. The molecule has 0 radical (unpaired) electrons. The summed E-state index contributed by atoms with van der Waals surface area (Å²) in [6.45, 7) is 13.7. The Hall–Kier alpha value is -2.12. The molecule has 2 aromatic heterocycles. The van der Waals surface area contributed by atoms with Crippen molar-refractivity contribution in [1.29, 1.82) is 0 Å². The monoisotopic (exact) mass is 416 g/mol. The van der Waals surface area contributed by atoms with Crippen LogP contribution in [0.5, 0.6) is 0 Å². The number of piperazine rings is 1. The second kappa shape index (κ2) is 9.59. The van der Waals surface area contributed by atoms with Gasteiger partial charge in [0.1, 0.15) is 0 Å². The van der Waals surface area contributed by atoms with Crippen LogP contribution >= 0.6 is 11.3 Å². The molecule has 1 aliphatic heterocycles. The van der Waals surface area contributed by atoms with E-state index in [0.29, 0.717) is 19.6 Å². The lowest BCUT2D eigenvalue weighted by molar-refractivity contribution is -0.132. The first kappa shape index (κ1) is 21.6. The Labute approximate surface area is 177 Å². The molecule has 158 valence electrons. The molecule has 2 aromatic rings. The van der Waals surface area contributed by atoms with Gasteiger partial charge >= 0.3 is 0 Å². The first-order valence-corrected chi connectivity index (χ1v) is 11.3. The molecule has 0 bridgehead atoms. The maximum Gasteiger partial charge on any atom is 0.255 e. The zero-order valence-corrected chi connectivity index (χ0v) is 18.8. The first-order valence-electron chi connectivity index (χ1n) is 10.4. The van der Waals surface area contributed by atoms with E-state index in [9.17, 15) is 9.59 Å². The zero-order valence-electron chi connectivity index (χ0n) is 18.0. The van der Waals surface area contributed by atoms with Gasteiger partial charge in [-0.15, -0.1) is 11.3 Å². The smallest absolute Gasteiger partial charge is 0.255 e. The molecule has 0 N–H and O–H groups in total. The fourth-order valence-electron chi connectivity index (χ4n) is 3.97. The van der Waals surface area contributed by atoms with Crippen molar-refractivity contribution in [3.05, 3.63) is 45.4 Å². The molecule has 1 saturated heterocycles. The molecule has 3 heterocycles. The van der Waals surface area contributed by atoms with Gasteiger partial charge in [0.25, 0.3) is 5.91 Å². The predicted molar refractivity (Wildman–Crippen MR) is 118 cm³/mol. The minimum atomic E-state index is 0.102. The lowest BCUT2D eigenvalue weighted by Gasteiger charge is -2.35. The Bertz CT molecular complexity index is 831. The van der Waals surface area contributed by atoms with Gasteiger partial charge in [-0.05, 0) is 45.2 Å². The third kappa shape index (κ3) is 4.90. The van der Waals surface area contributed by atoms with Crippen LogP contribution in [0, 0.1) is 13.8 Å². The van der Waals surface area contributed by atoms with Crippen molar-refractivity contribution in [2.75, 3.05) is 45.8 Å². The van der Waals surface area contributed by atoms with Crippen molar-refractivity contribution in [3.8, 4) is 0 Å². The van der Waals surface area contributed by atoms with Crippen LogP contribution < -0.4 is 0 Å². The summed E-state index contributed by atoms with van der Waals surface area (Å²) < 4.78 is 2.22. The highest BCUT2D eigenvalue weighted by Gasteiger charge is 2.26. The highest BCUT2D eigenvalue weighted by molar-refractivity contribution is 7.09. The van der Waals surface area contributed by atoms with Crippen LogP contribution in [-0.4, -0.2) is 76.9 Å². The van der Waals surface area contributed by atoms with Gasteiger partial charge in [-0.25, -0.2) is 0 Å². The number of nitrogens with zero attached hydrogens (tertiary/aromatic N) is 4. The lowest BCUT2D eigenvalue weighted by Crippen LogP contribution is -2.51. The largest absolute Gasteiger partial charge is 0.343 e. The molecule has 29 heavy (non-hydrogen) atoms. The normalized spacial score (nSPS) is 15.0. The first-order chi connectivity index (χ1) is 13.9. The van der Waals surface area contributed by atoms with Gasteiger partial charge < -0.3 is 14.4 Å². The topological polar surface area (TPSA) is 48.8 Å². The third-order valence-corrected chi connectivity index (χ3v) is 6.69. The number of aryl methyl sites for hydroxylation is 1. The van der Waals surface area contributed by atoms with E-state index in [1.54, 1.807) is 11.3 Å². The predicted octanol–water partition coefficient (Wildman–Crippen LogP) is 2.84. The molecule has 0 saturated carbocycles. The van der Waals surface area contributed by atoms with Crippen LogP contribution in [0.2, 0.25) is 0 Å². The van der Waals surface area contributed by atoms with Gasteiger partial charge in [0.2, 0.25) is 5.91 Å². The highest BCUT2D eigenvalue weighted by Crippen LogP contribution is 2.21. The van der Waals surface area contributed by atoms with Crippen LogP contribution in [0.4, 0.5) is 0 Å². The molecule has 0 spiro atoms. The quantitative estimate of drug-likeness (QED) is 0.697. The van der Waals surface area contributed by atoms with E-state index < -0.39 is 0 Å². The van der Waals surface area contributed by atoms with E-state index in [4.69, 9.17) is 0 Å². The molecule has 7 heteroatoms. The summed E-state index contributed by atoms with van der Waals surface area (Å²) in [6.07, 6.45) is 0. The Morgan fingerprint density at radius 3 is 2.38 bits per heavy atom. The van der Waals surface area contributed by atoms with Gasteiger partial charge in [-0.3, -0.25) is 14.5 Å². The standard InChI is InChI=1S/C22H32N4O2S/c1-5-24(6-2)21(27)16-23-9-11-25(12-10-23)22(28)20-14-17(3)26(18(20)4)15-19-8-7-13-29-19/h7-8,13-14H,5-6,9-12,15-16H2,1-4H3. The fraction of sp³-hybridized carbons (Fsp3) is 0.545. The second-order valence-electron chi connectivity index (χ2n) is 7.58. The number of likely N-dealkylation sites (N-methyl/N-ethyl adjacent to an activating group) is 1. The average Bonchev–Trinajstić information content (AvgIpc) is 3.33. The number of hydrogen-bond donors (Lipinski definition) is 0. The Balaban J connectivity index is 1.60. The molecule has 3 rings (SSSR count). The van der Waals surface area contributed by atoms with E-state index in [0.717, 1.165) is 49.7 Å². The number of rotatable bonds is 7. The van der Waals surface area contributed by atoms with Gasteiger partial charge in [-0.1, -0.05) is 6.07 Å². The van der Waals surface area contributed by atoms with E-state index in [-0.39, 0.29) is 11.8 Å². The van der Waals surface area contributed by atoms with Gasteiger partial charge in [0, 0.05) is 55.5 Å². The molecule has 0 aliphatic carbocycles. The number of amides is 2.